The van der Waals surface area contributed by atoms with Crippen LogP contribution in [0.4, 0.5) is 0 Å². The van der Waals surface area contributed by atoms with Crippen molar-refractivity contribution in [2.24, 2.45) is 12.8 Å². The van der Waals surface area contributed by atoms with Crippen LogP contribution in [0.5, 0.6) is 0 Å². The Hall–Kier alpha value is -1.36. The van der Waals surface area contributed by atoms with Crippen molar-refractivity contribution in [1.82, 2.24) is 14.7 Å². The van der Waals surface area contributed by atoms with Gasteiger partial charge in [0.25, 0.3) is 5.91 Å². The molecular formula is C8H12N4O. The van der Waals surface area contributed by atoms with Crippen molar-refractivity contribution in [3.63, 3.8) is 0 Å². The van der Waals surface area contributed by atoms with Gasteiger partial charge in [0.15, 0.2) is 0 Å². The molecule has 1 fully saturated rings. The van der Waals surface area contributed by atoms with Crippen LogP contribution in [-0.2, 0) is 7.05 Å². The minimum absolute atomic E-state index is 0.0155. The molecule has 0 spiro atoms. The fourth-order valence-electron chi connectivity index (χ4n) is 1.42. The molecule has 1 aliphatic rings. The third kappa shape index (κ3) is 1.31. The Labute approximate surface area is 76.1 Å². The molecule has 5 heteroatoms. The van der Waals surface area contributed by atoms with E-state index in [0.717, 1.165) is 0 Å². The highest BCUT2D eigenvalue weighted by Crippen LogP contribution is 2.10. The van der Waals surface area contributed by atoms with Crippen LogP contribution < -0.4 is 5.73 Å². The van der Waals surface area contributed by atoms with Gasteiger partial charge in [0.05, 0.1) is 0 Å². The number of nitrogens with zero attached hydrogens (tertiary/aromatic N) is 3. The summed E-state index contributed by atoms with van der Waals surface area (Å²) in [6.45, 7) is 1.31. The molecule has 1 aliphatic heterocycles. The smallest absolute Gasteiger partial charge is 0.272 e. The quantitative estimate of drug-likeness (QED) is 0.615. The predicted molar refractivity (Wildman–Crippen MR) is 47.1 cm³/mol. The van der Waals surface area contributed by atoms with Gasteiger partial charge in [-0.25, -0.2) is 0 Å². The summed E-state index contributed by atoms with van der Waals surface area (Å²) in [7, 11) is 1.76. The van der Waals surface area contributed by atoms with Crippen LogP contribution >= 0.6 is 0 Å². The average Bonchev–Trinajstić information content (AvgIpc) is 2.44. The van der Waals surface area contributed by atoms with E-state index in [0.29, 0.717) is 18.8 Å². The van der Waals surface area contributed by atoms with E-state index in [1.165, 1.54) is 0 Å². The molecule has 0 atom stereocenters. The van der Waals surface area contributed by atoms with Gasteiger partial charge in [-0.2, -0.15) is 5.10 Å². The SMILES string of the molecule is Cn1nccc1C(=O)N1CC(N)C1. The molecule has 0 radical (unpaired) electrons. The molecular weight excluding hydrogens is 168 g/mol. The summed E-state index contributed by atoms with van der Waals surface area (Å²) in [5, 5.41) is 3.94. The van der Waals surface area contributed by atoms with Crippen molar-refractivity contribution < 1.29 is 4.79 Å². The van der Waals surface area contributed by atoms with Gasteiger partial charge in [-0.3, -0.25) is 9.48 Å². The van der Waals surface area contributed by atoms with Crippen LogP contribution in [0.2, 0.25) is 0 Å². The van der Waals surface area contributed by atoms with Crippen LogP contribution in [-0.4, -0.2) is 39.7 Å². The zero-order valence-electron chi connectivity index (χ0n) is 7.47. The number of hydrogen-bond donors (Lipinski definition) is 1. The molecule has 1 aromatic heterocycles. The summed E-state index contributed by atoms with van der Waals surface area (Å²) in [5.41, 5.74) is 6.20. The van der Waals surface area contributed by atoms with E-state index in [1.807, 2.05) is 0 Å². The van der Waals surface area contributed by atoms with Crippen LogP contribution in [0.25, 0.3) is 0 Å². The van der Waals surface area contributed by atoms with Crippen molar-refractivity contribution in [3.8, 4) is 0 Å². The molecule has 1 aromatic rings. The van der Waals surface area contributed by atoms with E-state index < -0.39 is 0 Å². The lowest BCUT2D eigenvalue weighted by molar-refractivity contribution is 0.0596. The molecule has 1 amide bonds. The van der Waals surface area contributed by atoms with Gasteiger partial charge in [0, 0.05) is 32.4 Å². The molecule has 2 N–H and O–H groups in total. The van der Waals surface area contributed by atoms with Crippen LogP contribution in [0.3, 0.4) is 0 Å². The second-order valence-corrected chi connectivity index (χ2v) is 3.31. The van der Waals surface area contributed by atoms with Crippen LogP contribution in [0, 0.1) is 0 Å². The van der Waals surface area contributed by atoms with E-state index in [-0.39, 0.29) is 11.9 Å². The number of amides is 1. The van der Waals surface area contributed by atoms with Crippen LogP contribution in [0.15, 0.2) is 12.3 Å². The largest absolute Gasteiger partial charge is 0.334 e. The van der Waals surface area contributed by atoms with Crippen LogP contribution in [0.1, 0.15) is 10.5 Å². The molecule has 0 unspecified atom stereocenters. The van der Waals surface area contributed by atoms with Crippen molar-refractivity contribution >= 4 is 5.91 Å². The highest BCUT2D eigenvalue weighted by molar-refractivity contribution is 5.93. The average molecular weight is 180 g/mol. The maximum atomic E-state index is 11.7. The lowest BCUT2D eigenvalue weighted by atomic mass is 10.1. The monoisotopic (exact) mass is 180 g/mol. The second kappa shape index (κ2) is 2.85. The lowest BCUT2D eigenvalue weighted by Crippen LogP contribution is -2.58. The third-order valence-corrected chi connectivity index (χ3v) is 2.24. The molecule has 0 aromatic carbocycles. The first-order valence-electron chi connectivity index (χ1n) is 4.21. The number of nitrogens with two attached hydrogens (primary N) is 1. The maximum Gasteiger partial charge on any atom is 0.272 e. The summed E-state index contributed by atoms with van der Waals surface area (Å²) < 4.78 is 1.58. The molecule has 0 saturated carbocycles. The summed E-state index contributed by atoms with van der Waals surface area (Å²) >= 11 is 0. The van der Waals surface area contributed by atoms with Gasteiger partial charge in [0.1, 0.15) is 5.69 Å². The summed E-state index contributed by atoms with van der Waals surface area (Å²) in [4.78, 5) is 13.4. The number of carbonyl (C=O) groups excluding carboxylic acids is 1. The van der Waals surface area contributed by atoms with Crippen molar-refractivity contribution in [2.45, 2.75) is 6.04 Å². The minimum atomic E-state index is 0.0155. The van der Waals surface area contributed by atoms with Gasteiger partial charge in [-0.05, 0) is 6.07 Å². The fourth-order valence-corrected chi connectivity index (χ4v) is 1.42. The van der Waals surface area contributed by atoms with E-state index >= 15 is 0 Å². The van der Waals surface area contributed by atoms with Crippen molar-refractivity contribution in [2.75, 3.05) is 13.1 Å². The first-order valence-corrected chi connectivity index (χ1v) is 4.21. The van der Waals surface area contributed by atoms with Gasteiger partial charge < -0.3 is 10.6 Å². The zero-order chi connectivity index (χ0) is 9.42. The summed E-state index contributed by atoms with van der Waals surface area (Å²) in [6.07, 6.45) is 1.62. The van der Waals surface area contributed by atoms with Gasteiger partial charge in [-0.15, -0.1) is 0 Å². The fraction of sp³-hybridized carbons (Fsp3) is 0.500. The number of aromatic nitrogens is 2. The Morgan fingerprint density at radius 1 is 1.69 bits per heavy atom. The normalized spacial score (nSPS) is 17.2. The summed E-state index contributed by atoms with van der Waals surface area (Å²) in [5.74, 6) is 0.0155. The number of likely N-dealkylation sites (tertiary alicyclic amines) is 1. The summed E-state index contributed by atoms with van der Waals surface area (Å²) in [6, 6.07) is 1.86. The molecule has 0 aliphatic carbocycles. The molecule has 13 heavy (non-hydrogen) atoms. The lowest BCUT2D eigenvalue weighted by Gasteiger charge is -2.36. The second-order valence-electron chi connectivity index (χ2n) is 3.31. The molecule has 1 saturated heterocycles. The molecule has 70 valence electrons. The Morgan fingerprint density at radius 3 is 2.85 bits per heavy atom. The highest BCUT2D eigenvalue weighted by Gasteiger charge is 2.29. The van der Waals surface area contributed by atoms with E-state index in [2.05, 4.69) is 5.10 Å². The zero-order valence-corrected chi connectivity index (χ0v) is 7.47. The van der Waals surface area contributed by atoms with Gasteiger partial charge in [-0.1, -0.05) is 0 Å². The number of carbonyl (C=O) groups is 1. The van der Waals surface area contributed by atoms with E-state index in [9.17, 15) is 4.79 Å². The van der Waals surface area contributed by atoms with Crippen molar-refractivity contribution in [3.05, 3.63) is 18.0 Å². The first kappa shape index (κ1) is 8.25. The standard InChI is InChI=1S/C8H12N4O/c1-11-7(2-3-10-11)8(13)12-4-6(9)5-12/h2-3,6H,4-5,9H2,1H3. The van der Waals surface area contributed by atoms with Gasteiger partial charge in [0.2, 0.25) is 0 Å². The minimum Gasteiger partial charge on any atom is -0.334 e. The maximum absolute atomic E-state index is 11.7. The topological polar surface area (TPSA) is 64.2 Å². The molecule has 0 bridgehead atoms. The Kier molecular flexibility index (Phi) is 1.81. The Morgan fingerprint density at radius 2 is 2.38 bits per heavy atom. The van der Waals surface area contributed by atoms with Gasteiger partial charge >= 0.3 is 0 Å². The third-order valence-electron chi connectivity index (χ3n) is 2.24. The number of aryl methyl sites for hydroxylation is 1. The highest BCUT2D eigenvalue weighted by atomic mass is 16.2. The van der Waals surface area contributed by atoms with E-state index in [1.54, 1.807) is 28.9 Å². The molecule has 2 heterocycles. The molecule has 2 rings (SSSR count). The predicted octanol–water partition coefficient (Wildman–Crippen LogP) is -0.797. The van der Waals surface area contributed by atoms with Crippen molar-refractivity contribution in [1.29, 1.82) is 0 Å². The first-order chi connectivity index (χ1) is 6.18. The Bertz CT molecular complexity index is 327. The number of hydrogen-bond acceptors (Lipinski definition) is 3. The molecule has 5 nitrogen and oxygen atoms in total. The number of rotatable bonds is 1. The van der Waals surface area contributed by atoms with E-state index in [4.69, 9.17) is 5.73 Å². The Balaban J connectivity index is 2.10.